The Labute approximate surface area is 87.2 Å². The number of furan rings is 1. The van der Waals surface area contributed by atoms with Crippen molar-refractivity contribution in [2.75, 3.05) is 6.61 Å². The maximum atomic E-state index is 11.6. The van der Waals surface area contributed by atoms with Gasteiger partial charge < -0.3 is 9.15 Å². The molecular weight excluding hydrogens is 196 g/mol. The van der Waals surface area contributed by atoms with Gasteiger partial charge in [0.1, 0.15) is 5.56 Å². The quantitative estimate of drug-likeness (QED) is 0.562. The van der Waals surface area contributed by atoms with Crippen molar-refractivity contribution in [3.8, 4) is 0 Å². The summed E-state index contributed by atoms with van der Waals surface area (Å²) in [6.07, 6.45) is 4.14. The van der Waals surface area contributed by atoms with E-state index in [4.69, 9.17) is 9.15 Å². The van der Waals surface area contributed by atoms with Crippen molar-refractivity contribution in [3.05, 3.63) is 23.2 Å². The zero-order valence-electron chi connectivity index (χ0n) is 8.49. The van der Waals surface area contributed by atoms with E-state index in [1.54, 1.807) is 6.92 Å². The Hall–Kier alpha value is -1.58. The molecule has 4 nitrogen and oxygen atoms in total. The van der Waals surface area contributed by atoms with Crippen LogP contribution < -0.4 is 0 Å². The summed E-state index contributed by atoms with van der Waals surface area (Å²) in [6, 6.07) is 0. The van der Waals surface area contributed by atoms with E-state index in [9.17, 15) is 9.59 Å². The summed E-state index contributed by atoms with van der Waals surface area (Å²) in [6.45, 7) is 2.03. The summed E-state index contributed by atoms with van der Waals surface area (Å²) in [5, 5.41) is 0. The lowest BCUT2D eigenvalue weighted by molar-refractivity contribution is 0.0521. The van der Waals surface area contributed by atoms with Gasteiger partial charge in [-0.2, -0.15) is 0 Å². The highest BCUT2D eigenvalue weighted by molar-refractivity contribution is 5.98. The van der Waals surface area contributed by atoms with Crippen LogP contribution in [0.4, 0.5) is 0 Å². The fraction of sp³-hybridized carbons (Fsp3) is 0.455. The number of carbonyl (C=O) groups excluding carboxylic acids is 2. The van der Waals surface area contributed by atoms with Crippen molar-refractivity contribution in [1.82, 2.24) is 0 Å². The minimum Gasteiger partial charge on any atom is -0.462 e. The molecule has 80 valence electrons. The fourth-order valence-electron chi connectivity index (χ4n) is 1.59. The topological polar surface area (TPSA) is 56.5 Å². The molecule has 0 radical (unpaired) electrons. The third-order valence-electron chi connectivity index (χ3n) is 2.45. The van der Waals surface area contributed by atoms with Gasteiger partial charge in [0, 0.05) is 5.56 Å². The Balaban J connectivity index is 2.35. The molecule has 0 bridgehead atoms. The zero-order chi connectivity index (χ0) is 10.8. The van der Waals surface area contributed by atoms with Gasteiger partial charge in [0.05, 0.1) is 12.9 Å². The summed E-state index contributed by atoms with van der Waals surface area (Å²) in [5.74, 6) is -0.0209. The minimum atomic E-state index is -0.463. The predicted octanol–water partition coefficient (Wildman–Crippen LogP) is 2.15. The van der Waals surface area contributed by atoms with Crippen LogP contribution in [0.15, 0.2) is 10.7 Å². The molecule has 0 N–H and O–H groups in total. The number of esters is 1. The first-order valence-corrected chi connectivity index (χ1v) is 5.01. The Morgan fingerprint density at radius 1 is 1.67 bits per heavy atom. The van der Waals surface area contributed by atoms with Crippen LogP contribution in [0.3, 0.4) is 0 Å². The standard InChI is InChI=1S/C11H12O4/c1-2-14-11(13)10-8(7-3-4-7)6-15-9(10)5-12/h5-7H,2-4H2,1H3. The number of hydrogen-bond acceptors (Lipinski definition) is 4. The Kier molecular flexibility index (Phi) is 2.58. The lowest BCUT2D eigenvalue weighted by Crippen LogP contribution is -2.08. The molecule has 15 heavy (non-hydrogen) atoms. The van der Waals surface area contributed by atoms with Gasteiger partial charge in [-0.15, -0.1) is 0 Å². The van der Waals surface area contributed by atoms with Gasteiger partial charge >= 0.3 is 5.97 Å². The Bertz CT molecular complexity index is 387. The largest absolute Gasteiger partial charge is 0.462 e. The number of carbonyl (C=O) groups is 2. The Morgan fingerprint density at radius 3 is 2.93 bits per heavy atom. The number of ether oxygens (including phenoxy) is 1. The smallest absolute Gasteiger partial charge is 0.342 e. The number of rotatable bonds is 4. The van der Waals surface area contributed by atoms with E-state index < -0.39 is 5.97 Å². The van der Waals surface area contributed by atoms with Gasteiger partial charge in [-0.3, -0.25) is 4.79 Å². The highest BCUT2D eigenvalue weighted by atomic mass is 16.5. The first-order chi connectivity index (χ1) is 7.27. The lowest BCUT2D eigenvalue weighted by atomic mass is 10.1. The summed E-state index contributed by atoms with van der Waals surface area (Å²) < 4.78 is 9.93. The molecule has 0 aromatic carbocycles. The average Bonchev–Trinajstić information content (AvgIpc) is 2.98. The van der Waals surface area contributed by atoms with Crippen LogP contribution in [0.1, 0.15) is 52.2 Å². The lowest BCUT2D eigenvalue weighted by Gasteiger charge is -2.01. The predicted molar refractivity (Wildman–Crippen MR) is 52.0 cm³/mol. The van der Waals surface area contributed by atoms with Crippen LogP contribution in [0.2, 0.25) is 0 Å². The molecule has 1 aliphatic rings. The molecule has 1 aromatic rings. The van der Waals surface area contributed by atoms with E-state index in [-0.39, 0.29) is 5.76 Å². The molecule has 0 aliphatic heterocycles. The SMILES string of the molecule is CCOC(=O)c1c(C2CC2)coc1C=O. The van der Waals surface area contributed by atoms with Crippen LogP contribution in [0, 0.1) is 0 Å². The monoisotopic (exact) mass is 208 g/mol. The molecule has 1 aromatic heterocycles. The van der Waals surface area contributed by atoms with E-state index in [1.165, 1.54) is 6.26 Å². The van der Waals surface area contributed by atoms with Crippen LogP contribution in [-0.4, -0.2) is 18.9 Å². The normalized spacial score (nSPS) is 15.0. The molecule has 1 saturated carbocycles. The molecule has 0 spiro atoms. The Morgan fingerprint density at radius 2 is 2.40 bits per heavy atom. The number of hydrogen-bond donors (Lipinski definition) is 0. The van der Waals surface area contributed by atoms with E-state index in [2.05, 4.69) is 0 Å². The third kappa shape index (κ3) is 1.79. The van der Waals surface area contributed by atoms with Gasteiger partial charge in [0.25, 0.3) is 0 Å². The van der Waals surface area contributed by atoms with E-state index in [0.29, 0.717) is 24.4 Å². The summed E-state index contributed by atoms with van der Waals surface area (Å²) in [7, 11) is 0. The molecule has 1 heterocycles. The second kappa shape index (κ2) is 3.88. The van der Waals surface area contributed by atoms with Crippen LogP contribution >= 0.6 is 0 Å². The van der Waals surface area contributed by atoms with Gasteiger partial charge in [0.15, 0.2) is 12.0 Å². The van der Waals surface area contributed by atoms with Gasteiger partial charge in [-0.05, 0) is 25.7 Å². The third-order valence-corrected chi connectivity index (χ3v) is 2.45. The van der Waals surface area contributed by atoms with E-state index in [0.717, 1.165) is 18.4 Å². The van der Waals surface area contributed by atoms with Crippen molar-refractivity contribution in [3.63, 3.8) is 0 Å². The summed E-state index contributed by atoms with van der Waals surface area (Å²) in [5.41, 5.74) is 1.13. The van der Waals surface area contributed by atoms with Crippen molar-refractivity contribution in [1.29, 1.82) is 0 Å². The van der Waals surface area contributed by atoms with Crippen LogP contribution in [0.5, 0.6) is 0 Å². The highest BCUT2D eigenvalue weighted by Crippen LogP contribution is 2.43. The molecule has 1 aliphatic carbocycles. The second-order valence-corrected chi connectivity index (χ2v) is 3.54. The minimum absolute atomic E-state index is 0.0790. The first-order valence-electron chi connectivity index (χ1n) is 5.01. The van der Waals surface area contributed by atoms with Gasteiger partial charge in [-0.1, -0.05) is 0 Å². The zero-order valence-corrected chi connectivity index (χ0v) is 8.49. The van der Waals surface area contributed by atoms with Crippen molar-refractivity contribution < 1.29 is 18.7 Å². The molecule has 0 saturated heterocycles. The van der Waals surface area contributed by atoms with Crippen molar-refractivity contribution in [2.45, 2.75) is 25.7 Å². The van der Waals surface area contributed by atoms with Crippen LogP contribution in [-0.2, 0) is 4.74 Å². The van der Waals surface area contributed by atoms with Crippen molar-refractivity contribution >= 4 is 12.3 Å². The maximum absolute atomic E-state index is 11.6. The van der Waals surface area contributed by atoms with E-state index in [1.807, 2.05) is 0 Å². The average molecular weight is 208 g/mol. The number of aldehydes is 1. The molecule has 1 fully saturated rings. The first kappa shape index (κ1) is 9.96. The summed E-state index contributed by atoms with van der Waals surface area (Å²) >= 11 is 0. The van der Waals surface area contributed by atoms with E-state index >= 15 is 0 Å². The molecular formula is C11H12O4. The van der Waals surface area contributed by atoms with Gasteiger partial charge in [0.2, 0.25) is 0 Å². The van der Waals surface area contributed by atoms with Crippen LogP contribution in [0.25, 0.3) is 0 Å². The molecule has 2 rings (SSSR count). The molecule has 0 atom stereocenters. The summed E-state index contributed by atoms with van der Waals surface area (Å²) in [4.78, 5) is 22.3. The molecule has 0 unspecified atom stereocenters. The second-order valence-electron chi connectivity index (χ2n) is 3.54. The highest BCUT2D eigenvalue weighted by Gasteiger charge is 2.32. The molecule has 0 amide bonds. The fourth-order valence-corrected chi connectivity index (χ4v) is 1.59. The maximum Gasteiger partial charge on any atom is 0.342 e. The van der Waals surface area contributed by atoms with Crippen molar-refractivity contribution in [2.24, 2.45) is 0 Å². The van der Waals surface area contributed by atoms with Gasteiger partial charge in [-0.25, -0.2) is 4.79 Å². The molecule has 4 heteroatoms.